The van der Waals surface area contributed by atoms with Gasteiger partial charge in [0.25, 0.3) is 0 Å². The number of aromatic nitrogens is 1. The highest BCUT2D eigenvalue weighted by molar-refractivity contribution is 7.89. The number of rotatable bonds is 7. The molecule has 0 atom stereocenters. The van der Waals surface area contributed by atoms with E-state index in [1.807, 2.05) is 36.4 Å². The van der Waals surface area contributed by atoms with Crippen molar-refractivity contribution in [3.05, 3.63) is 106 Å². The van der Waals surface area contributed by atoms with Crippen LogP contribution in [0.4, 0.5) is 5.69 Å². The van der Waals surface area contributed by atoms with Gasteiger partial charge in [0.1, 0.15) is 18.2 Å². The van der Waals surface area contributed by atoms with Gasteiger partial charge in [0.05, 0.1) is 10.4 Å². The van der Waals surface area contributed by atoms with Gasteiger partial charge in [-0.15, -0.1) is 0 Å². The maximum atomic E-state index is 12.9. The zero-order valence-electron chi connectivity index (χ0n) is 18.9. The third-order valence-electron chi connectivity index (χ3n) is 5.52. The number of fused-ring (bicyclic) bond motifs is 1. The maximum absolute atomic E-state index is 12.9. The van der Waals surface area contributed by atoms with Crippen molar-refractivity contribution >= 4 is 32.5 Å². The molecule has 8 nitrogen and oxygen atoms in total. The van der Waals surface area contributed by atoms with Crippen LogP contribution < -0.4 is 10.7 Å². The molecule has 4 rings (SSSR count). The molecule has 35 heavy (non-hydrogen) atoms. The number of benzene rings is 3. The lowest BCUT2D eigenvalue weighted by Gasteiger charge is -2.17. The number of para-hydroxylation sites is 1. The van der Waals surface area contributed by atoms with Crippen LogP contribution in [0.5, 0.6) is 0 Å². The van der Waals surface area contributed by atoms with E-state index in [0.717, 1.165) is 5.56 Å². The highest BCUT2D eigenvalue weighted by Crippen LogP contribution is 2.19. The molecule has 1 heterocycles. The summed E-state index contributed by atoms with van der Waals surface area (Å²) in [7, 11) is -2.19. The molecule has 0 aliphatic heterocycles. The van der Waals surface area contributed by atoms with Crippen LogP contribution in [0.15, 0.2) is 94.7 Å². The molecule has 0 unspecified atom stereocenters. The summed E-state index contributed by atoms with van der Waals surface area (Å²) in [4.78, 5) is 25.2. The Kier molecular flexibility index (Phi) is 6.78. The zero-order valence-corrected chi connectivity index (χ0v) is 19.7. The topological polar surface area (TPSA) is 112 Å². The van der Waals surface area contributed by atoms with Crippen LogP contribution in [-0.4, -0.2) is 30.2 Å². The van der Waals surface area contributed by atoms with E-state index in [9.17, 15) is 23.3 Å². The van der Waals surface area contributed by atoms with Crippen molar-refractivity contribution in [3.8, 4) is 6.07 Å². The van der Waals surface area contributed by atoms with Crippen molar-refractivity contribution in [2.75, 3.05) is 12.4 Å². The van der Waals surface area contributed by atoms with Crippen LogP contribution in [0.2, 0.25) is 0 Å². The lowest BCUT2D eigenvalue weighted by molar-refractivity contribution is -0.116. The minimum absolute atomic E-state index is 0.0503. The number of hydrogen-bond donors (Lipinski definition) is 1. The SMILES string of the molecule is CN(Cc1ccccc1)S(=O)(=O)c1ccc(NC(=O)Cn2cc(C#N)c(=O)c3ccccc32)cc1. The molecule has 176 valence electrons. The molecule has 0 radical (unpaired) electrons. The molecular formula is C26H22N4O4S. The normalized spacial score (nSPS) is 11.3. The number of carbonyl (C=O) groups is 1. The van der Waals surface area contributed by atoms with E-state index >= 15 is 0 Å². The number of carbonyl (C=O) groups excluding carboxylic acids is 1. The summed E-state index contributed by atoms with van der Waals surface area (Å²) in [6.07, 6.45) is 1.36. The van der Waals surface area contributed by atoms with Crippen molar-refractivity contribution in [1.82, 2.24) is 8.87 Å². The van der Waals surface area contributed by atoms with Crippen molar-refractivity contribution in [3.63, 3.8) is 0 Å². The molecule has 0 aliphatic rings. The van der Waals surface area contributed by atoms with Crippen LogP contribution in [0.25, 0.3) is 10.9 Å². The van der Waals surface area contributed by atoms with Gasteiger partial charge in [-0.2, -0.15) is 9.57 Å². The van der Waals surface area contributed by atoms with Crippen LogP contribution in [0.1, 0.15) is 11.1 Å². The molecule has 1 N–H and O–H groups in total. The van der Waals surface area contributed by atoms with Gasteiger partial charge in [0, 0.05) is 30.9 Å². The van der Waals surface area contributed by atoms with E-state index in [4.69, 9.17) is 0 Å². The van der Waals surface area contributed by atoms with E-state index in [-0.39, 0.29) is 34.9 Å². The average Bonchev–Trinajstić information content (AvgIpc) is 2.86. The van der Waals surface area contributed by atoms with Crippen LogP contribution in [0, 0.1) is 11.3 Å². The molecule has 0 spiro atoms. The van der Waals surface area contributed by atoms with Gasteiger partial charge in [0.2, 0.25) is 21.4 Å². The summed E-state index contributed by atoms with van der Waals surface area (Å²) >= 11 is 0. The Morgan fingerprint density at radius 2 is 1.66 bits per heavy atom. The standard InChI is InChI=1S/C26H22N4O4S/c1-29(16-19-7-3-2-4-8-19)35(33,34)22-13-11-21(12-14-22)28-25(31)18-30-17-20(15-27)26(32)23-9-5-6-10-24(23)30/h2-14,17H,16,18H2,1H3,(H,28,31). The lowest BCUT2D eigenvalue weighted by atomic mass is 10.1. The van der Waals surface area contributed by atoms with Gasteiger partial charge in [-0.1, -0.05) is 42.5 Å². The Morgan fingerprint density at radius 3 is 2.34 bits per heavy atom. The number of hydrogen-bond acceptors (Lipinski definition) is 5. The summed E-state index contributed by atoms with van der Waals surface area (Å²) in [6, 6.07) is 23.8. The van der Waals surface area contributed by atoms with Crippen molar-refractivity contribution in [2.24, 2.45) is 0 Å². The molecule has 0 bridgehead atoms. The minimum Gasteiger partial charge on any atom is -0.336 e. The number of nitrogens with one attached hydrogen (secondary N) is 1. The largest absolute Gasteiger partial charge is 0.336 e. The number of nitriles is 1. The zero-order chi connectivity index (χ0) is 25.0. The van der Waals surface area contributed by atoms with Gasteiger partial charge in [-0.05, 0) is 42.0 Å². The van der Waals surface area contributed by atoms with E-state index in [2.05, 4.69) is 5.32 Å². The van der Waals surface area contributed by atoms with Gasteiger partial charge < -0.3 is 9.88 Å². The second-order valence-corrected chi connectivity index (χ2v) is 9.99. The first-order valence-electron chi connectivity index (χ1n) is 10.7. The van der Waals surface area contributed by atoms with Crippen molar-refractivity contribution in [1.29, 1.82) is 5.26 Å². The highest BCUT2D eigenvalue weighted by Gasteiger charge is 2.21. The summed E-state index contributed by atoms with van der Waals surface area (Å²) in [5.74, 6) is -0.389. The summed E-state index contributed by atoms with van der Waals surface area (Å²) in [6.45, 7) is 0.106. The monoisotopic (exact) mass is 486 g/mol. The van der Waals surface area contributed by atoms with Gasteiger partial charge in [-0.3, -0.25) is 9.59 Å². The van der Waals surface area contributed by atoms with Crippen LogP contribution >= 0.6 is 0 Å². The fourth-order valence-electron chi connectivity index (χ4n) is 3.73. The summed E-state index contributed by atoms with van der Waals surface area (Å²) in [5, 5.41) is 12.3. The fourth-order valence-corrected chi connectivity index (χ4v) is 4.89. The first-order chi connectivity index (χ1) is 16.8. The Labute approximate surface area is 202 Å². The third-order valence-corrected chi connectivity index (χ3v) is 7.33. The number of amides is 1. The predicted molar refractivity (Wildman–Crippen MR) is 133 cm³/mol. The third kappa shape index (κ3) is 5.14. The number of pyridine rings is 1. The number of nitrogens with zero attached hydrogens (tertiary/aromatic N) is 3. The Morgan fingerprint density at radius 1 is 1.00 bits per heavy atom. The van der Waals surface area contributed by atoms with Crippen molar-refractivity contribution < 1.29 is 13.2 Å². The first-order valence-corrected chi connectivity index (χ1v) is 12.2. The average molecular weight is 487 g/mol. The van der Waals surface area contributed by atoms with E-state index < -0.39 is 10.0 Å². The molecule has 0 fully saturated rings. The Balaban J connectivity index is 1.49. The smallest absolute Gasteiger partial charge is 0.244 e. The van der Waals surface area contributed by atoms with E-state index in [1.54, 1.807) is 28.8 Å². The van der Waals surface area contributed by atoms with E-state index in [1.165, 1.54) is 41.8 Å². The number of sulfonamides is 1. The minimum atomic E-state index is -3.71. The lowest BCUT2D eigenvalue weighted by Crippen LogP contribution is -2.26. The maximum Gasteiger partial charge on any atom is 0.244 e. The molecule has 0 saturated heterocycles. The first kappa shape index (κ1) is 23.9. The van der Waals surface area contributed by atoms with Crippen LogP contribution in [-0.2, 0) is 27.9 Å². The second kappa shape index (κ2) is 9.93. The molecule has 0 saturated carbocycles. The molecule has 4 aromatic rings. The molecule has 9 heteroatoms. The fraction of sp³-hybridized carbons (Fsp3) is 0.115. The van der Waals surface area contributed by atoms with Gasteiger partial charge >= 0.3 is 0 Å². The van der Waals surface area contributed by atoms with E-state index in [0.29, 0.717) is 16.6 Å². The second-order valence-electron chi connectivity index (χ2n) is 7.95. The number of anilines is 1. The Bertz CT molecular complexity index is 1590. The van der Waals surface area contributed by atoms with Crippen LogP contribution in [0.3, 0.4) is 0 Å². The Hall–Kier alpha value is -4.26. The molecule has 1 amide bonds. The quantitative estimate of drug-likeness (QED) is 0.431. The molecule has 1 aromatic heterocycles. The summed E-state index contributed by atoms with van der Waals surface area (Å²) in [5.41, 5.74) is 1.40. The molecular weight excluding hydrogens is 464 g/mol. The van der Waals surface area contributed by atoms with Gasteiger partial charge in [-0.25, -0.2) is 8.42 Å². The predicted octanol–water partition coefficient (Wildman–Crippen LogP) is 3.33. The highest BCUT2D eigenvalue weighted by atomic mass is 32.2. The molecule has 0 aliphatic carbocycles. The summed E-state index contributed by atoms with van der Waals surface area (Å²) < 4.78 is 28.6. The van der Waals surface area contributed by atoms with Crippen molar-refractivity contribution in [2.45, 2.75) is 18.0 Å². The molecule has 3 aromatic carbocycles. The van der Waals surface area contributed by atoms with Gasteiger partial charge in [0.15, 0.2) is 0 Å².